The van der Waals surface area contributed by atoms with Crippen LogP contribution in [0.2, 0.25) is 0 Å². The molecule has 0 unspecified atom stereocenters. The average molecular weight is 240 g/mol. The van der Waals surface area contributed by atoms with E-state index in [4.69, 9.17) is 5.11 Å². The smallest absolute Gasteiger partial charge is 0.331 e. The van der Waals surface area contributed by atoms with Crippen LogP contribution in [-0.4, -0.2) is 36.6 Å². The van der Waals surface area contributed by atoms with Crippen LogP contribution in [0.5, 0.6) is 0 Å². The van der Waals surface area contributed by atoms with Crippen LogP contribution < -0.4 is 10.6 Å². The van der Waals surface area contributed by atoms with E-state index < -0.39 is 5.97 Å². The van der Waals surface area contributed by atoms with Gasteiger partial charge in [0, 0.05) is 31.1 Å². The Bertz CT molecular complexity index is 309. The highest BCUT2D eigenvalue weighted by molar-refractivity contribution is 5.86. The summed E-state index contributed by atoms with van der Waals surface area (Å²) in [6.45, 7) is 3.59. The summed E-state index contributed by atoms with van der Waals surface area (Å²) in [7, 11) is 0. The topological polar surface area (TPSA) is 78.4 Å². The number of hydrogen-bond donors (Lipinski definition) is 3. The van der Waals surface area contributed by atoms with Crippen molar-refractivity contribution in [2.24, 2.45) is 5.92 Å². The maximum Gasteiger partial charge on any atom is 0.331 e. The van der Waals surface area contributed by atoms with Gasteiger partial charge in [0.15, 0.2) is 0 Å². The number of nitrogens with one attached hydrogen (secondary N) is 2. The second-order valence-corrected chi connectivity index (χ2v) is 4.16. The number of aliphatic carboxylic acids is 1. The molecule has 0 heterocycles. The summed E-state index contributed by atoms with van der Waals surface area (Å²) >= 11 is 0. The van der Waals surface area contributed by atoms with Crippen molar-refractivity contribution >= 4 is 11.9 Å². The van der Waals surface area contributed by atoms with Crippen molar-refractivity contribution < 1.29 is 14.7 Å². The van der Waals surface area contributed by atoms with Crippen molar-refractivity contribution in [1.29, 1.82) is 0 Å². The molecule has 0 aromatic heterocycles. The molecule has 0 aromatic rings. The fraction of sp³-hybridized carbons (Fsp3) is 0.667. The highest BCUT2D eigenvalue weighted by Gasteiger charge is 2.28. The molecule has 0 spiro atoms. The molecule has 0 aromatic carbocycles. The van der Waals surface area contributed by atoms with Crippen molar-refractivity contribution in [2.75, 3.05) is 19.6 Å². The van der Waals surface area contributed by atoms with Gasteiger partial charge in [0.2, 0.25) is 5.91 Å². The molecule has 17 heavy (non-hydrogen) atoms. The summed E-state index contributed by atoms with van der Waals surface area (Å²) < 4.78 is 0. The van der Waals surface area contributed by atoms with Gasteiger partial charge in [-0.1, -0.05) is 13.0 Å². The second kappa shape index (κ2) is 7.06. The van der Waals surface area contributed by atoms with Gasteiger partial charge in [-0.2, -0.15) is 0 Å². The number of carboxylic acids is 1. The molecule has 1 rings (SSSR count). The van der Waals surface area contributed by atoms with Crippen LogP contribution in [0.15, 0.2) is 11.6 Å². The van der Waals surface area contributed by atoms with Crippen LogP contribution >= 0.6 is 0 Å². The molecular formula is C12H20N2O3. The van der Waals surface area contributed by atoms with Gasteiger partial charge >= 0.3 is 5.97 Å². The molecule has 1 amide bonds. The van der Waals surface area contributed by atoms with Gasteiger partial charge in [-0.15, -0.1) is 0 Å². The Morgan fingerprint density at radius 1 is 1.35 bits per heavy atom. The zero-order valence-corrected chi connectivity index (χ0v) is 10.2. The SMILES string of the molecule is CCC(=CCNCCNC(=O)C1CC1)C(=O)O. The second-order valence-electron chi connectivity index (χ2n) is 4.16. The molecule has 1 saturated carbocycles. The number of amides is 1. The predicted octanol–water partition coefficient (Wildman–Crippen LogP) is 0.523. The van der Waals surface area contributed by atoms with E-state index in [0.29, 0.717) is 31.6 Å². The monoisotopic (exact) mass is 240 g/mol. The van der Waals surface area contributed by atoms with Crippen LogP contribution in [0.3, 0.4) is 0 Å². The van der Waals surface area contributed by atoms with Crippen molar-refractivity contribution in [3.05, 3.63) is 11.6 Å². The first kappa shape index (κ1) is 13.7. The molecule has 1 aliphatic carbocycles. The molecular weight excluding hydrogens is 220 g/mol. The molecule has 1 aliphatic rings. The third-order valence-corrected chi connectivity index (χ3v) is 2.70. The Labute approximate surface area is 101 Å². The number of hydrogen-bond acceptors (Lipinski definition) is 3. The van der Waals surface area contributed by atoms with E-state index in [-0.39, 0.29) is 11.8 Å². The van der Waals surface area contributed by atoms with Gasteiger partial charge in [-0.3, -0.25) is 4.79 Å². The van der Waals surface area contributed by atoms with Gasteiger partial charge in [-0.05, 0) is 19.3 Å². The summed E-state index contributed by atoms with van der Waals surface area (Å²) in [5.74, 6) is -0.480. The molecule has 1 fully saturated rings. The third kappa shape index (κ3) is 5.49. The average Bonchev–Trinajstić information content (AvgIpc) is 3.11. The molecule has 0 radical (unpaired) electrons. The minimum Gasteiger partial charge on any atom is -0.478 e. The maximum atomic E-state index is 11.3. The maximum absolute atomic E-state index is 11.3. The molecule has 5 nitrogen and oxygen atoms in total. The summed E-state index contributed by atoms with van der Waals surface area (Å²) in [5, 5.41) is 14.7. The van der Waals surface area contributed by atoms with Crippen molar-refractivity contribution in [3.63, 3.8) is 0 Å². The number of carboxylic acid groups (broad SMARTS) is 1. The Morgan fingerprint density at radius 3 is 2.59 bits per heavy atom. The van der Waals surface area contributed by atoms with Crippen LogP contribution in [0.4, 0.5) is 0 Å². The van der Waals surface area contributed by atoms with E-state index in [0.717, 1.165) is 12.8 Å². The van der Waals surface area contributed by atoms with Gasteiger partial charge < -0.3 is 15.7 Å². The minimum absolute atomic E-state index is 0.141. The predicted molar refractivity (Wildman–Crippen MR) is 64.6 cm³/mol. The van der Waals surface area contributed by atoms with Crippen molar-refractivity contribution in [1.82, 2.24) is 10.6 Å². The van der Waals surface area contributed by atoms with Crippen LogP contribution in [-0.2, 0) is 9.59 Å². The lowest BCUT2D eigenvalue weighted by molar-refractivity contribution is -0.132. The molecule has 5 heteroatoms. The Balaban J connectivity index is 2.03. The number of rotatable bonds is 8. The highest BCUT2D eigenvalue weighted by atomic mass is 16.4. The first-order valence-electron chi connectivity index (χ1n) is 6.06. The van der Waals surface area contributed by atoms with E-state index in [1.807, 2.05) is 6.92 Å². The highest BCUT2D eigenvalue weighted by Crippen LogP contribution is 2.28. The van der Waals surface area contributed by atoms with Crippen LogP contribution in [0.25, 0.3) is 0 Å². The fourth-order valence-corrected chi connectivity index (χ4v) is 1.44. The quantitative estimate of drug-likeness (QED) is 0.427. The van der Waals surface area contributed by atoms with Crippen LogP contribution in [0, 0.1) is 5.92 Å². The van der Waals surface area contributed by atoms with Gasteiger partial charge in [0.05, 0.1) is 0 Å². The zero-order valence-electron chi connectivity index (χ0n) is 10.2. The van der Waals surface area contributed by atoms with Crippen molar-refractivity contribution in [3.8, 4) is 0 Å². The van der Waals surface area contributed by atoms with E-state index in [9.17, 15) is 9.59 Å². The fourth-order valence-electron chi connectivity index (χ4n) is 1.44. The first-order chi connectivity index (χ1) is 8.15. The largest absolute Gasteiger partial charge is 0.478 e. The summed E-state index contributed by atoms with van der Waals surface area (Å²) in [6, 6.07) is 0. The lowest BCUT2D eigenvalue weighted by atomic mass is 10.2. The number of carbonyl (C=O) groups is 2. The number of carbonyl (C=O) groups excluding carboxylic acids is 1. The lowest BCUT2D eigenvalue weighted by Gasteiger charge is -2.05. The standard InChI is InChI=1S/C12H20N2O3/c1-2-9(12(16)17)5-6-13-7-8-14-11(15)10-3-4-10/h5,10,13H,2-4,6-8H2,1H3,(H,14,15)(H,16,17). The van der Waals surface area contributed by atoms with Gasteiger partial charge in [0.1, 0.15) is 0 Å². The minimum atomic E-state index is -0.865. The normalized spacial score (nSPS) is 15.7. The van der Waals surface area contributed by atoms with E-state index in [2.05, 4.69) is 10.6 Å². The van der Waals surface area contributed by atoms with Gasteiger partial charge in [-0.25, -0.2) is 4.79 Å². The molecule has 0 aliphatic heterocycles. The van der Waals surface area contributed by atoms with Crippen LogP contribution in [0.1, 0.15) is 26.2 Å². The molecule has 0 saturated heterocycles. The Kier molecular flexibility index (Phi) is 5.69. The molecule has 0 atom stereocenters. The molecule has 3 N–H and O–H groups in total. The third-order valence-electron chi connectivity index (χ3n) is 2.70. The lowest BCUT2D eigenvalue weighted by Crippen LogP contribution is -2.32. The van der Waals surface area contributed by atoms with E-state index in [1.165, 1.54) is 0 Å². The molecule has 96 valence electrons. The summed E-state index contributed by atoms with van der Waals surface area (Å²) in [5.41, 5.74) is 0.416. The molecule has 0 bridgehead atoms. The zero-order chi connectivity index (χ0) is 12.7. The van der Waals surface area contributed by atoms with Crippen molar-refractivity contribution in [2.45, 2.75) is 26.2 Å². The summed E-state index contributed by atoms with van der Waals surface area (Å²) in [6.07, 6.45) is 4.22. The van der Waals surface area contributed by atoms with E-state index >= 15 is 0 Å². The van der Waals surface area contributed by atoms with Gasteiger partial charge in [0.25, 0.3) is 0 Å². The Morgan fingerprint density at radius 2 is 2.06 bits per heavy atom. The van der Waals surface area contributed by atoms with E-state index in [1.54, 1.807) is 6.08 Å². The Hall–Kier alpha value is -1.36. The summed E-state index contributed by atoms with van der Waals surface area (Å²) in [4.78, 5) is 21.9. The first-order valence-corrected chi connectivity index (χ1v) is 6.06.